The van der Waals surface area contributed by atoms with Crippen LogP contribution in [0.1, 0.15) is 11.1 Å². The van der Waals surface area contributed by atoms with Gasteiger partial charge in [0.1, 0.15) is 6.07 Å². The Bertz CT molecular complexity index is 1600. The predicted octanol–water partition coefficient (Wildman–Crippen LogP) is 4.00. The summed E-state index contributed by atoms with van der Waals surface area (Å²) in [6, 6.07) is 17.0. The monoisotopic (exact) mass is 504 g/mol. The molecule has 6 rings (SSSR count). The van der Waals surface area contributed by atoms with E-state index in [0.29, 0.717) is 11.4 Å². The van der Waals surface area contributed by atoms with E-state index in [1.807, 2.05) is 37.9 Å². The average molecular weight is 505 g/mol. The van der Waals surface area contributed by atoms with Crippen molar-refractivity contribution in [3.05, 3.63) is 84.6 Å². The number of piperazine rings is 1. The van der Waals surface area contributed by atoms with Crippen molar-refractivity contribution in [1.82, 2.24) is 29.3 Å². The maximum Gasteiger partial charge on any atom is 0.212 e. The highest BCUT2D eigenvalue weighted by molar-refractivity contribution is 5.88. The van der Waals surface area contributed by atoms with Gasteiger partial charge in [-0.1, -0.05) is 18.2 Å². The second-order valence-corrected chi connectivity index (χ2v) is 9.53. The second kappa shape index (κ2) is 10.00. The van der Waals surface area contributed by atoms with Crippen LogP contribution in [0.25, 0.3) is 27.8 Å². The smallest absolute Gasteiger partial charge is 0.212 e. The Labute approximate surface area is 221 Å². The molecule has 1 aromatic carbocycles. The van der Waals surface area contributed by atoms with Gasteiger partial charge in [0.15, 0.2) is 0 Å². The summed E-state index contributed by atoms with van der Waals surface area (Å²) in [6.45, 7) is 4.79. The molecule has 0 amide bonds. The SMILES string of the molecule is COc1ccc(CN2CCN(c3ccc(-c4cc(-c5cnn(C)c5)cn5ncc(C#N)c45)cc3)CC2)cn1. The van der Waals surface area contributed by atoms with Crippen molar-refractivity contribution < 1.29 is 4.74 Å². The number of hydrogen-bond donors (Lipinski definition) is 0. The number of rotatable bonds is 6. The van der Waals surface area contributed by atoms with Gasteiger partial charge in [-0.05, 0) is 29.3 Å². The standard InChI is InChI=1S/C29H28N8O/c1-34-19-25(17-32-34)23-13-27(29-24(14-30)16-33-37(29)20-23)22-4-6-26(7-5-22)36-11-9-35(10-12-36)18-21-3-8-28(38-2)31-15-21/h3-8,13,15-17,19-20H,9-12,18H2,1-2H3. The van der Waals surface area contributed by atoms with Gasteiger partial charge in [0.2, 0.25) is 5.88 Å². The van der Waals surface area contributed by atoms with Gasteiger partial charge in [-0.25, -0.2) is 9.50 Å². The van der Waals surface area contributed by atoms with Crippen LogP contribution in [0.5, 0.6) is 5.88 Å². The number of pyridine rings is 2. The third-order valence-electron chi connectivity index (χ3n) is 7.10. The summed E-state index contributed by atoms with van der Waals surface area (Å²) in [5.41, 5.74) is 7.80. The number of nitrogens with zero attached hydrogens (tertiary/aromatic N) is 8. The molecule has 190 valence electrons. The van der Waals surface area contributed by atoms with E-state index < -0.39 is 0 Å². The minimum Gasteiger partial charge on any atom is -0.481 e. The summed E-state index contributed by atoms with van der Waals surface area (Å²) < 4.78 is 8.74. The summed E-state index contributed by atoms with van der Waals surface area (Å²) in [5.74, 6) is 0.642. The summed E-state index contributed by atoms with van der Waals surface area (Å²) in [6.07, 6.45) is 9.29. The molecular formula is C29H28N8O. The molecule has 5 aromatic rings. The fourth-order valence-corrected chi connectivity index (χ4v) is 5.05. The summed E-state index contributed by atoms with van der Waals surface area (Å²) >= 11 is 0. The van der Waals surface area contributed by atoms with Crippen molar-refractivity contribution in [2.24, 2.45) is 7.05 Å². The number of benzene rings is 1. The van der Waals surface area contributed by atoms with Crippen LogP contribution < -0.4 is 9.64 Å². The van der Waals surface area contributed by atoms with Crippen LogP contribution in [0.15, 0.2) is 73.4 Å². The Morgan fingerprint density at radius 2 is 1.71 bits per heavy atom. The van der Waals surface area contributed by atoms with Crippen molar-refractivity contribution in [2.45, 2.75) is 6.54 Å². The van der Waals surface area contributed by atoms with Crippen LogP contribution in [0.4, 0.5) is 5.69 Å². The zero-order valence-corrected chi connectivity index (χ0v) is 21.4. The molecular weight excluding hydrogens is 476 g/mol. The van der Waals surface area contributed by atoms with Crippen LogP contribution >= 0.6 is 0 Å². The Hall–Kier alpha value is -4.68. The van der Waals surface area contributed by atoms with Crippen molar-refractivity contribution in [3.63, 3.8) is 0 Å². The van der Waals surface area contributed by atoms with Gasteiger partial charge >= 0.3 is 0 Å². The van der Waals surface area contributed by atoms with Crippen LogP contribution in [0.2, 0.25) is 0 Å². The molecule has 0 unspecified atom stereocenters. The molecule has 0 radical (unpaired) electrons. The van der Waals surface area contributed by atoms with E-state index in [4.69, 9.17) is 4.74 Å². The number of nitriles is 1. The molecule has 0 atom stereocenters. The van der Waals surface area contributed by atoms with Crippen LogP contribution in [-0.4, -0.2) is 62.6 Å². The number of methoxy groups -OCH3 is 1. The van der Waals surface area contributed by atoms with Crippen LogP contribution in [-0.2, 0) is 13.6 Å². The van der Waals surface area contributed by atoms with E-state index in [2.05, 4.69) is 67.4 Å². The molecule has 1 saturated heterocycles. The Morgan fingerprint density at radius 1 is 0.895 bits per heavy atom. The summed E-state index contributed by atoms with van der Waals surface area (Å²) in [7, 11) is 3.54. The maximum atomic E-state index is 9.70. The molecule has 9 heteroatoms. The highest BCUT2D eigenvalue weighted by Crippen LogP contribution is 2.33. The Balaban J connectivity index is 1.21. The van der Waals surface area contributed by atoms with E-state index in [9.17, 15) is 5.26 Å². The van der Waals surface area contributed by atoms with E-state index in [0.717, 1.165) is 60.5 Å². The first-order chi connectivity index (χ1) is 18.6. The lowest BCUT2D eigenvalue weighted by atomic mass is 9.99. The van der Waals surface area contributed by atoms with E-state index in [1.54, 1.807) is 22.5 Å². The highest BCUT2D eigenvalue weighted by Gasteiger charge is 2.19. The zero-order valence-electron chi connectivity index (χ0n) is 21.4. The lowest BCUT2D eigenvalue weighted by molar-refractivity contribution is 0.249. The van der Waals surface area contributed by atoms with E-state index >= 15 is 0 Å². The number of aromatic nitrogens is 5. The number of aryl methyl sites for hydroxylation is 1. The van der Waals surface area contributed by atoms with Crippen LogP contribution in [0, 0.1) is 11.3 Å². The third kappa shape index (κ3) is 4.58. The topological polar surface area (TPSA) is 87.5 Å². The predicted molar refractivity (Wildman–Crippen MR) is 146 cm³/mol. The molecule has 0 bridgehead atoms. The van der Waals surface area contributed by atoms with Gasteiger partial charge in [0.25, 0.3) is 0 Å². The largest absolute Gasteiger partial charge is 0.481 e. The van der Waals surface area contributed by atoms with Crippen molar-refractivity contribution in [2.75, 3.05) is 38.2 Å². The maximum absolute atomic E-state index is 9.70. The Morgan fingerprint density at radius 3 is 2.37 bits per heavy atom. The second-order valence-electron chi connectivity index (χ2n) is 9.53. The van der Waals surface area contributed by atoms with Crippen molar-refractivity contribution in [3.8, 4) is 34.2 Å². The summed E-state index contributed by atoms with van der Waals surface area (Å²) in [5, 5.41) is 18.5. The molecule has 1 aliphatic heterocycles. The lowest BCUT2D eigenvalue weighted by Gasteiger charge is -2.36. The van der Waals surface area contributed by atoms with Crippen molar-refractivity contribution in [1.29, 1.82) is 5.26 Å². The third-order valence-corrected chi connectivity index (χ3v) is 7.10. The molecule has 9 nitrogen and oxygen atoms in total. The molecule has 5 heterocycles. The number of ether oxygens (including phenoxy) is 1. The van der Waals surface area contributed by atoms with E-state index in [-0.39, 0.29) is 0 Å². The molecule has 38 heavy (non-hydrogen) atoms. The highest BCUT2D eigenvalue weighted by atomic mass is 16.5. The first-order valence-corrected chi connectivity index (χ1v) is 12.6. The zero-order chi connectivity index (χ0) is 26.1. The summed E-state index contributed by atoms with van der Waals surface area (Å²) in [4.78, 5) is 9.20. The number of fused-ring (bicyclic) bond motifs is 1. The fourth-order valence-electron chi connectivity index (χ4n) is 5.05. The molecule has 1 aliphatic rings. The first-order valence-electron chi connectivity index (χ1n) is 12.6. The quantitative estimate of drug-likeness (QED) is 0.345. The van der Waals surface area contributed by atoms with Gasteiger partial charge in [-0.2, -0.15) is 15.5 Å². The van der Waals surface area contributed by atoms with Gasteiger partial charge < -0.3 is 9.64 Å². The molecule has 0 aliphatic carbocycles. The normalized spacial score (nSPS) is 14.1. The van der Waals surface area contributed by atoms with Crippen molar-refractivity contribution >= 4 is 11.2 Å². The lowest BCUT2D eigenvalue weighted by Crippen LogP contribution is -2.45. The van der Waals surface area contributed by atoms with Gasteiger partial charge in [0, 0.05) is 86.8 Å². The molecule has 4 aromatic heterocycles. The number of hydrogen-bond acceptors (Lipinski definition) is 7. The fraction of sp³-hybridized carbons (Fsp3) is 0.241. The molecule has 0 N–H and O–H groups in total. The molecule has 0 saturated carbocycles. The Kier molecular flexibility index (Phi) is 6.23. The molecule has 1 fully saturated rings. The minimum atomic E-state index is 0.560. The minimum absolute atomic E-state index is 0.560. The number of anilines is 1. The average Bonchev–Trinajstić information content (AvgIpc) is 3.59. The van der Waals surface area contributed by atoms with Gasteiger partial charge in [-0.15, -0.1) is 0 Å². The van der Waals surface area contributed by atoms with E-state index in [1.165, 1.54) is 11.3 Å². The van der Waals surface area contributed by atoms with Gasteiger partial charge in [0.05, 0.1) is 30.6 Å². The molecule has 0 spiro atoms. The van der Waals surface area contributed by atoms with Crippen LogP contribution in [0.3, 0.4) is 0 Å². The first kappa shape index (κ1) is 23.7. The van der Waals surface area contributed by atoms with Gasteiger partial charge in [-0.3, -0.25) is 9.58 Å².